The molecule has 0 saturated carbocycles. The monoisotopic (exact) mass is 471 g/mol. The van der Waals surface area contributed by atoms with Gasteiger partial charge in [0.25, 0.3) is 0 Å². The molecule has 3 aromatic carbocycles. The summed E-state index contributed by atoms with van der Waals surface area (Å²) in [6, 6.07) is 25.4. The van der Waals surface area contributed by atoms with E-state index in [0.29, 0.717) is 0 Å². The maximum Gasteiger partial charge on any atom is 2.00 e. The summed E-state index contributed by atoms with van der Waals surface area (Å²) in [7, 11) is 0. The first-order valence-corrected chi connectivity index (χ1v) is 8.80. The molecule has 2 heterocycles. The van der Waals surface area contributed by atoms with Gasteiger partial charge in [0.2, 0.25) is 0 Å². The van der Waals surface area contributed by atoms with Gasteiger partial charge in [-0.3, -0.25) is 0 Å². The van der Waals surface area contributed by atoms with Gasteiger partial charge in [-0.15, -0.1) is 0 Å². The summed E-state index contributed by atoms with van der Waals surface area (Å²) < 4.78 is 0. The van der Waals surface area contributed by atoms with Gasteiger partial charge >= 0.3 is 19.5 Å². The van der Waals surface area contributed by atoms with Crippen LogP contribution in [0.25, 0.3) is 11.6 Å². The molecule has 2 aliphatic rings. The Labute approximate surface area is 183 Å². The van der Waals surface area contributed by atoms with Crippen molar-refractivity contribution in [2.75, 3.05) is 10.2 Å². The number of nitrogens with one attached hydrogen (secondary N) is 1. The molecular weight excluding hydrogens is 453 g/mol. The van der Waals surface area contributed by atoms with Crippen molar-refractivity contribution in [1.82, 2.24) is 0 Å². The van der Waals surface area contributed by atoms with Crippen molar-refractivity contribution in [3.63, 3.8) is 0 Å². The summed E-state index contributed by atoms with van der Waals surface area (Å²) in [6.07, 6.45) is 10.6. The average molecular weight is 471 g/mol. The Kier molecular flexibility index (Phi) is 6.19. The van der Waals surface area contributed by atoms with Crippen LogP contribution >= 0.6 is 0 Å². The minimum absolute atomic E-state index is 0. The normalized spacial score (nSPS) is 13.3. The van der Waals surface area contributed by atoms with Gasteiger partial charge in [0.05, 0.1) is 11.4 Å². The van der Waals surface area contributed by atoms with Gasteiger partial charge in [-0.05, 0) is 35.4 Å². The maximum absolute atomic E-state index is 3.49. The summed E-state index contributed by atoms with van der Waals surface area (Å²) in [6.45, 7) is 0. The first-order chi connectivity index (χ1) is 12.9. The SMILES string of the molecule is C1=CN(c2ccccc2)c2c3c(ccc2=C1)=C(c1ccccc1)C=CN3.[Cl-].[Ru+2]. The molecule has 0 spiro atoms. The quantitative estimate of drug-likeness (QED) is 0.568. The molecule has 0 saturated heterocycles. The molecular formula is C24H18ClN2Ru+. The number of hydrogen-bond donors (Lipinski definition) is 1. The third kappa shape index (κ3) is 3.44. The van der Waals surface area contributed by atoms with Gasteiger partial charge in [-0.1, -0.05) is 66.7 Å². The van der Waals surface area contributed by atoms with E-state index in [1.165, 1.54) is 27.3 Å². The fourth-order valence-electron chi connectivity index (χ4n) is 3.65. The summed E-state index contributed by atoms with van der Waals surface area (Å²) >= 11 is 0. The Balaban J connectivity index is 0.00000112. The molecule has 2 nitrogen and oxygen atoms in total. The molecule has 0 fully saturated rings. The number of nitrogens with zero attached hydrogens (tertiary/aromatic N) is 1. The van der Waals surface area contributed by atoms with Gasteiger partial charge in [0, 0.05) is 28.5 Å². The van der Waals surface area contributed by atoms with E-state index < -0.39 is 0 Å². The van der Waals surface area contributed by atoms with Crippen LogP contribution in [0.5, 0.6) is 0 Å². The van der Waals surface area contributed by atoms with Crippen molar-refractivity contribution in [3.05, 3.63) is 113 Å². The van der Waals surface area contributed by atoms with Gasteiger partial charge in [0.15, 0.2) is 0 Å². The largest absolute Gasteiger partial charge is 2.00 e. The summed E-state index contributed by atoms with van der Waals surface area (Å²) in [5.74, 6) is 0. The van der Waals surface area contributed by atoms with Crippen LogP contribution in [-0.2, 0) is 19.5 Å². The van der Waals surface area contributed by atoms with Crippen LogP contribution in [0.2, 0.25) is 0 Å². The minimum Gasteiger partial charge on any atom is -1.00 e. The topological polar surface area (TPSA) is 15.3 Å². The molecule has 0 atom stereocenters. The molecule has 0 aliphatic carbocycles. The second-order valence-corrected chi connectivity index (χ2v) is 6.40. The molecule has 2 aliphatic heterocycles. The second kappa shape index (κ2) is 8.60. The average Bonchev–Trinajstić information content (AvgIpc) is 2.74. The molecule has 0 aromatic heterocycles. The number of anilines is 3. The van der Waals surface area contributed by atoms with Gasteiger partial charge in [0.1, 0.15) is 0 Å². The minimum atomic E-state index is 0. The predicted molar refractivity (Wildman–Crippen MR) is 110 cm³/mol. The number of para-hydroxylation sites is 1. The zero-order chi connectivity index (χ0) is 17.3. The first-order valence-electron chi connectivity index (χ1n) is 8.80. The van der Waals surface area contributed by atoms with Crippen LogP contribution in [0.4, 0.5) is 17.1 Å². The van der Waals surface area contributed by atoms with Crippen LogP contribution in [0, 0.1) is 0 Å². The van der Waals surface area contributed by atoms with E-state index in [9.17, 15) is 0 Å². The van der Waals surface area contributed by atoms with Crippen molar-refractivity contribution in [3.8, 4) is 0 Å². The molecule has 0 unspecified atom stereocenters. The van der Waals surface area contributed by atoms with E-state index in [0.717, 1.165) is 11.4 Å². The maximum atomic E-state index is 3.49. The predicted octanol–water partition coefficient (Wildman–Crippen LogP) is 1.27. The van der Waals surface area contributed by atoms with E-state index in [-0.39, 0.29) is 31.9 Å². The summed E-state index contributed by atoms with van der Waals surface area (Å²) in [5, 5.41) is 5.93. The fraction of sp³-hybridized carbons (Fsp3) is 0. The van der Waals surface area contributed by atoms with Crippen LogP contribution in [0.15, 0.2) is 97.3 Å². The molecule has 0 radical (unpaired) electrons. The molecule has 5 rings (SSSR count). The molecule has 0 bridgehead atoms. The number of fused-ring (bicyclic) bond motifs is 3. The number of halogens is 1. The smallest absolute Gasteiger partial charge is 1.00 e. The van der Waals surface area contributed by atoms with Crippen molar-refractivity contribution in [1.29, 1.82) is 0 Å². The third-order valence-corrected chi connectivity index (χ3v) is 4.85. The number of allylic oxidation sites excluding steroid dienone is 2. The zero-order valence-corrected chi connectivity index (χ0v) is 17.5. The van der Waals surface area contributed by atoms with E-state index in [1.807, 2.05) is 12.3 Å². The molecule has 138 valence electrons. The van der Waals surface area contributed by atoms with Gasteiger partial charge < -0.3 is 22.6 Å². The molecule has 1 N–H and O–H groups in total. The Morgan fingerprint density at radius 3 is 2.25 bits per heavy atom. The number of hydrogen-bond acceptors (Lipinski definition) is 2. The molecule has 28 heavy (non-hydrogen) atoms. The first kappa shape index (κ1) is 20.1. The van der Waals surface area contributed by atoms with Crippen LogP contribution in [0.3, 0.4) is 0 Å². The van der Waals surface area contributed by atoms with E-state index >= 15 is 0 Å². The van der Waals surface area contributed by atoms with Crippen molar-refractivity contribution in [2.24, 2.45) is 0 Å². The zero-order valence-electron chi connectivity index (χ0n) is 15.0. The second-order valence-electron chi connectivity index (χ2n) is 6.40. The van der Waals surface area contributed by atoms with Crippen molar-refractivity contribution < 1.29 is 31.9 Å². The Bertz CT molecular complexity index is 1150. The van der Waals surface area contributed by atoms with Gasteiger partial charge in [-0.25, -0.2) is 0 Å². The Morgan fingerprint density at radius 1 is 0.786 bits per heavy atom. The number of rotatable bonds is 2. The van der Waals surface area contributed by atoms with Crippen LogP contribution in [0.1, 0.15) is 5.56 Å². The molecule has 3 aromatic rings. The standard InChI is InChI=1S/C24H18N2.ClH.Ru/c1-3-8-18(9-4-1)21-15-16-25-23-22(21)14-13-19-10-7-17-26(24(19)23)20-11-5-2-6-12-20;;/h1-17,25H;1H;/q;;+2/p-1. The number of benzene rings is 3. The summed E-state index contributed by atoms with van der Waals surface area (Å²) in [4.78, 5) is 2.25. The van der Waals surface area contributed by atoms with Gasteiger partial charge in [-0.2, -0.15) is 0 Å². The van der Waals surface area contributed by atoms with Crippen LogP contribution in [-0.4, -0.2) is 0 Å². The molecule has 4 heteroatoms. The Morgan fingerprint density at radius 2 is 1.50 bits per heavy atom. The summed E-state index contributed by atoms with van der Waals surface area (Å²) in [5.41, 5.74) is 5.96. The molecule has 0 amide bonds. The van der Waals surface area contributed by atoms with Crippen LogP contribution < -0.4 is 33.1 Å². The van der Waals surface area contributed by atoms with E-state index in [4.69, 9.17) is 0 Å². The fourth-order valence-corrected chi connectivity index (χ4v) is 3.65. The van der Waals surface area contributed by atoms with E-state index in [2.05, 4.69) is 101 Å². The third-order valence-electron chi connectivity index (χ3n) is 4.85. The van der Waals surface area contributed by atoms with E-state index in [1.54, 1.807) is 0 Å². The van der Waals surface area contributed by atoms with Crippen molar-refractivity contribution >= 4 is 28.7 Å². The van der Waals surface area contributed by atoms with Crippen molar-refractivity contribution in [2.45, 2.75) is 0 Å². The Hall–Kier alpha value is -2.61.